The van der Waals surface area contributed by atoms with Crippen molar-refractivity contribution in [3.8, 4) is 11.5 Å². The number of hydrogen-bond acceptors (Lipinski definition) is 7. The van der Waals surface area contributed by atoms with Crippen molar-refractivity contribution < 1.29 is 27.4 Å². The average molecular weight is 571 g/mol. The SMILES string of the molecule is C[C@H]1Nc2ncnc3cc(c(OC4CCOC4)cc23)OCCCCCN2CC(CCC(F)(F)c3cccc1c3F)C2. The lowest BCUT2D eigenvalue weighted by molar-refractivity contribution is -0.0320. The molecule has 220 valence electrons. The molecule has 9 rings (SSSR count). The summed E-state index contributed by atoms with van der Waals surface area (Å²) in [6, 6.07) is 7.29. The molecule has 2 aromatic carbocycles. The van der Waals surface area contributed by atoms with Crippen molar-refractivity contribution in [2.75, 3.05) is 44.8 Å². The number of benzene rings is 2. The number of ether oxygens (including phenoxy) is 3. The van der Waals surface area contributed by atoms with E-state index in [0.29, 0.717) is 54.5 Å². The Kier molecular flexibility index (Phi) is 8.21. The van der Waals surface area contributed by atoms with Crippen molar-refractivity contribution in [2.45, 2.75) is 63.5 Å². The third kappa shape index (κ3) is 6.23. The van der Waals surface area contributed by atoms with Crippen molar-refractivity contribution in [3.63, 3.8) is 0 Å². The first-order valence-electron chi connectivity index (χ1n) is 14.7. The predicted molar refractivity (Wildman–Crippen MR) is 150 cm³/mol. The van der Waals surface area contributed by atoms with Gasteiger partial charge in [-0.3, -0.25) is 0 Å². The molecule has 0 saturated carbocycles. The van der Waals surface area contributed by atoms with Gasteiger partial charge in [-0.1, -0.05) is 18.2 Å². The van der Waals surface area contributed by atoms with Crippen LogP contribution in [0.2, 0.25) is 0 Å². The summed E-state index contributed by atoms with van der Waals surface area (Å²) in [6.45, 7) is 6.01. The summed E-state index contributed by atoms with van der Waals surface area (Å²) < 4.78 is 64.2. The highest BCUT2D eigenvalue weighted by Crippen LogP contribution is 2.40. The molecule has 1 aromatic heterocycles. The summed E-state index contributed by atoms with van der Waals surface area (Å²) in [6.07, 6.45) is 5.04. The van der Waals surface area contributed by atoms with Gasteiger partial charge in [0, 0.05) is 42.9 Å². The Balaban J connectivity index is 1.34. The second kappa shape index (κ2) is 12.0. The van der Waals surface area contributed by atoms with E-state index in [4.69, 9.17) is 14.2 Å². The van der Waals surface area contributed by atoms with Crippen LogP contribution in [-0.2, 0) is 10.7 Å². The van der Waals surface area contributed by atoms with Crippen LogP contribution in [0.3, 0.4) is 0 Å². The highest BCUT2D eigenvalue weighted by molar-refractivity contribution is 5.91. The molecule has 6 aliphatic rings. The van der Waals surface area contributed by atoms with Gasteiger partial charge >= 0.3 is 0 Å². The standard InChI is InChI=1S/C31H37F3N4O3/c1-20-23-6-5-7-25(29(23)32)31(33,34)10-8-21-16-38(17-21)11-3-2-4-12-40-27-15-26-24(30(37-20)36-19-35-26)14-28(27)41-22-9-13-39-18-22/h5-7,14-15,19-22H,2-4,8-13,16-18H2,1H3,(H,35,36,37)/t20-,22?/m1/s1. The van der Waals surface area contributed by atoms with Gasteiger partial charge in [-0.05, 0) is 51.1 Å². The van der Waals surface area contributed by atoms with Crippen molar-refractivity contribution in [1.82, 2.24) is 14.9 Å². The predicted octanol–water partition coefficient (Wildman–Crippen LogP) is 6.48. The minimum absolute atomic E-state index is 0.0906. The van der Waals surface area contributed by atoms with Crippen LogP contribution in [0.15, 0.2) is 36.7 Å². The van der Waals surface area contributed by atoms with E-state index in [2.05, 4.69) is 20.2 Å². The summed E-state index contributed by atoms with van der Waals surface area (Å²) in [5.74, 6) is -2.27. The van der Waals surface area contributed by atoms with Gasteiger partial charge in [0.05, 0.1) is 36.9 Å². The molecule has 0 aliphatic carbocycles. The Bertz CT molecular complexity index is 1360. The molecular formula is C31H37F3N4O3. The fraction of sp³-hybridized carbons (Fsp3) is 0.548. The van der Waals surface area contributed by atoms with E-state index in [1.165, 1.54) is 18.5 Å². The van der Waals surface area contributed by atoms with Crippen LogP contribution in [0.25, 0.3) is 10.9 Å². The number of nitrogens with zero attached hydrogens (tertiary/aromatic N) is 3. The largest absolute Gasteiger partial charge is 0.490 e. The summed E-state index contributed by atoms with van der Waals surface area (Å²) in [5, 5.41) is 3.90. The highest BCUT2D eigenvalue weighted by atomic mass is 19.3. The van der Waals surface area contributed by atoms with E-state index in [0.717, 1.165) is 45.3 Å². The van der Waals surface area contributed by atoms with E-state index < -0.39 is 23.3 Å². The smallest absolute Gasteiger partial charge is 0.276 e. The molecule has 0 amide bonds. The monoisotopic (exact) mass is 570 g/mol. The fourth-order valence-corrected chi connectivity index (χ4v) is 5.98. The lowest BCUT2D eigenvalue weighted by atomic mass is 9.90. The Morgan fingerprint density at radius 3 is 2.78 bits per heavy atom. The maximum atomic E-state index is 15.6. The molecule has 2 atom stereocenters. The molecule has 2 saturated heterocycles. The van der Waals surface area contributed by atoms with Crippen LogP contribution in [-0.4, -0.2) is 60.4 Å². The normalized spacial score (nSPS) is 26.8. The Morgan fingerprint density at radius 2 is 1.95 bits per heavy atom. The molecule has 1 N–H and O–H groups in total. The van der Waals surface area contributed by atoms with Crippen LogP contribution in [0.1, 0.15) is 62.6 Å². The van der Waals surface area contributed by atoms with E-state index in [-0.39, 0.29) is 24.0 Å². The third-order valence-corrected chi connectivity index (χ3v) is 8.40. The van der Waals surface area contributed by atoms with Crippen molar-refractivity contribution >= 4 is 16.7 Å². The first-order valence-corrected chi connectivity index (χ1v) is 14.7. The van der Waals surface area contributed by atoms with E-state index in [9.17, 15) is 0 Å². The molecule has 0 spiro atoms. The molecule has 10 heteroatoms. The number of anilines is 1. The average Bonchev–Trinajstić information content (AvgIpc) is 3.44. The quantitative estimate of drug-likeness (QED) is 0.379. The molecule has 0 radical (unpaired) electrons. The number of hydrogen-bond donors (Lipinski definition) is 1. The molecule has 7 nitrogen and oxygen atoms in total. The van der Waals surface area contributed by atoms with Crippen molar-refractivity contribution in [1.29, 1.82) is 0 Å². The van der Waals surface area contributed by atoms with Gasteiger partial charge in [-0.2, -0.15) is 0 Å². The zero-order valence-corrected chi connectivity index (χ0v) is 23.4. The molecule has 7 heterocycles. The topological polar surface area (TPSA) is 68.7 Å². The van der Waals surface area contributed by atoms with Crippen LogP contribution < -0.4 is 14.8 Å². The van der Waals surface area contributed by atoms with Gasteiger partial charge in [0.15, 0.2) is 11.5 Å². The van der Waals surface area contributed by atoms with Gasteiger partial charge in [-0.15, -0.1) is 0 Å². The highest BCUT2D eigenvalue weighted by Gasteiger charge is 2.38. The number of rotatable bonds is 2. The number of nitrogens with one attached hydrogen (secondary N) is 1. The van der Waals surface area contributed by atoms with Gasteiger partial charge in [-0.25, -0.2) is 23.1 Å². The van der Waals surface area contributed by atoms with Gasteiger partial charge in [0.2, 0.25) is 0 Å². The summed E-state index contributed by atoms with van der Waals surface area (Å²) >= 11 is 0. The first-order chi connectivity index (χ1) is 19.9. The minimum atomic E-state index is -3.24. The van der Waals surface area contributed by atoms with E-state index in [1.807, 2.05) is 12.1 Å². The molecule has 41 heavy (non-hydrogen) atoms. The zero-order valence-electron chi connectivity index (χ0n) is 23.4. The zero-order chi connectivity index (χ0) is 28.4. The van der Waals surface area contributed by atoms with E-state index in [1.54, 1.807) is 13.0 Å². The summed E-state index contributed by atoms with van der Waals surface area (Å²) in [5.41, 5.74) is 0.242. The maximum Gasteiger partial charge on any atom is 0.276 e. The van der Waals surface area contributed by atoms with Crippen LogP contribution >= 0.6 is 0 Å². The third-order valence-electron chi connectivity index (χ3n) is 8.40. The van der Waals surface area contributed by atoms with Gasteiger partial charge in [0.1, 0.15) is 24.1 Å². The maximum absolute atomic E-state index is 15.6. The number of aromatic nitrogens is 2. The second-order valence-electron chi connectivity index (χ2n) is 11.5. The number of halogens is 3. The summed E-state index contributed by atoms with van der Waals surface area (Å²) in [4.78, 5) is 11.2. The van der Waals surface area contributed by atoms with Crippen LogP contribution in [0, 0.1) is 11.7 Å². The molecule has 6 aliphatic heterocycles. The summed E-state index contributed by atoms with van der Waals surface area (Å²) in [7, 11) is 0. The van der Waals surface area contributed by atoms with Gasteiger partial charge < -0.3 is 24.4 Å². The lowest BCUT2D eigenvalue weighted by Crippen LogP contribution is -2.47. The van der Waals surface area contributed by atoms with Crippen molar-refractivity contribution in [2.24, 2.45) is 5.92 Å². The van der Waals surface area contributed by atoms with Crippen LogP contribution in [0.5, 0.6) is 11.5 Å². The van der Waals surface area contributed by atoms with Gasteiger partial charge in [0.25, 0.3) is 5.92 Å². The second-order valence-corrected chi connectivity index (χ2v) is 11.5. The Hall–Kier alpha value is -3.11. The molecule has 8 bridgehead atoms. The molecule has 1 unspecified atom stereocenters. The minimum Gasteiger partial charge on any atom is -0.490 e. The number of alkyl halides is 2. The molecular weight excluding hydrogens is 533 g/mol. The fourth-order valence-electron chi connectivity index (χ4n) is 5.98. The lowest BCUT2D eigenvalue weighted by Gasteiger charge is -2.40. The Morgan fingerprint density at radius 1 is 1.07 bits per heavy atom. The van der Waals surface area contributed by atoms with E-state index >= 15 is 13.2 Å². The van der Waals surface area contributed by atoms with Crippen LogP contribution in [0.4, 0.5) is 19.0 Å². The Labute approximate surface area is 238 Å². The first kappa shape index (κ1) is 28.0. The van der Waals surface area contributed by atoms with Crippen molar-refractivity contribution in [3.05, 3.63) is 53.6 Å². The molecule has 3 aromatic rings. The molecule has 2 fully saturated rings.